The molecular weight excluding hydrogens is 229 g/mol. The Kier molecular flexibility index (Phi) is 3.62. The molecule has 0 saturated carbocycles. The molecule has 1 rings (SSSR count). The summed E-state index contributed by atoms with van der Waals surface area (Å²) in [6.07, 6.45) is -7.26. The van der Waals surface area contributed by atoms with Gasteiger partial charge in [0.15, 0.2) is 0 Å². The second kappa shape index (κ2) is 4.59. The van der Waals surface area contributed by atoms with Gasteiger partial charge in [-0.15, -0.1) is 0 Å². The lowest BCUT2D eigenvalue weighted by Gasteiger charge is -2.07. The first-order valence-corrected chi connectivity index (χ1v) is 4.31. The maximum atomic E-state index is 12.3. The fourth-order valence-electron chi connectivity index (χ4n) is 1.00. The maximum absolute atomic E-state index is 12.3. The van der Waals surface area contributed by atoms with Gasteiger partial charge in [-0.05, 0) is 25.1 Å². The van der Waals surface area contributed by atoms with Crippen LogP contribution in [-0.2, 0) is 6.18 Å². The number of hydrogen-bond acceptors (Lipinski definition) is 1. The fourth-order valence-corrected chi connectivity index (χ4v) is 1.00. The third kappa shape index (κ3) is 3.29. The van der Waals surface area contributed by atoms with Gasteiger partial charge < -0.3 is 0 Å². The third-order valence-electron chi connectivity index (χ3n) is 1.79. The molecule has 0 heterocycles. The monoisotopic (exact) mass is 237 g/mol. The Balaban J connectivity index is 3.05. The highest BCUT2D eigenvalue weighted by atomic mass is 19.4. The van der Waals surface area contributed by atoms with E-state index in [1.165, 1.54) is 6.07 Å². The molecule has 1 aromatic carbocycles. The lowest BCUT2D eigenvalue weighted by molar-refractivity contribution is -0.137. The van der Waals surface area contributed by atoms with Gasteiger partial charge >= 0.3 is 6.18 Å². The number of nitrogens with zero attached hydrogens (tertiary/aromatic N) is 1. The molecule has 0 bridgehead atoms. The predicted molar refractivity (Wildman–Crippen MR) is 50.2 cm³/mol. The minimum absolute atomic E-state index is 0.132. The van der Waals surface area contributed by atoms with Crippen molar-refractivity contribution in [1.29, 1.82) is 0 Å². The molecule has 0 fully saturated rings. The Labute approximate surface area is 88.6 Å². The Morgan fingerprint density at radius 3 is 2.38 bits per heavy atom. The van der Waals surface area contributed by atoms with Crippen LogP contribution in [0.3, 0.4) is 0 Å². The average molecular weight is 237 g/mol. The van der Waals surface area contributed by atoms with Gasteiger partial charge in [-0.3, -0.25) is 4.99 Å². The van der Waals surface area contributed by atoms with Crippen LogP contribution in [0.25, 0.3) is 0 Å². The van der Waals surface area contributed by atoms with Gasteiger partial charge in [0.05, 0.1) is 17.0 Å². The van der Waals surface area contributed by atoms with Gasteiger partial charge in [0.1, 0.15) is 0 Å². The number of benzene rings is 1. The van der Waals surface area contributed by atoms with Crippen molar-refractivity contribution in [2.45, 2.75) is 19.5 Å². The molecule has 16 heavy (non-hydrogen) atoms. The highest BCUT2D eigenvalue weighted by Gasteiger charge is 2.30. The summed E-state index contributed by atoms with van der Waals surface area (Å²) in [6.45, 7) is 1.06. The van der Waals surface area contributed by atoms with Gasteiger partial charge in [0, 0.05) is 0 Å². The van der Waals surface area contributed by atoms with Crippen LogP contribution in [0.1, 0.15) is 12.5 Å². The molecule has 0 aromatic heterocycles. The standard InChI is InChI=1S/C10H8F5N/c1-6(9(11)12)16-8-4-2-3-7(5-8)10(13,14)15/h2-5,9H,1H3/b16-6+. The Morgan fingerprint density at radius 2 is 1.88 bits per heavy atom. The molecule has 0 aliphatic heterocycles. The Bertz CT molecular complexity index is 394. The van der Waals surface area contributed by atoms with Crippen LogP contribution >= 0.6 is 0 Å². The normalized spacial score (nSPS) is 13.3. The number of rotatable bonds is 2. The van der Waals surface area contributed by atoms with E-state index >= 15 is 0 Å². The SMILES string of the molecule is C/C(=N\c1cccc(C(F)(F)F)c1)C(F)F. The van der Waals surface area contributed by atoms with Crippen molar-refractivity contribution in [3.05, 3.63) is 29.8 Å². The summed E-state index contributed by atoms with van der Waals surface area (Å²) in [4.78, 5) is 3.40. The summed E-state index contributed by atoms with van der Waals surface area (Å²) < 4.78 is 61.0. The van der Waals surface area contributed by atoms with Crippen molar-refractivity contribution in [3.63, 3.8) is 0 Å². The topological polar surface area (TPSA) is 12.4 Å². The molecule has 1 nitrogen and oxygen atoms in total. The van der Waals surface area contributed by atoms with Gasteiger partial charge in [0.2, 0.25) is 0 Å². The molecule has 0 unspecified atom stereocenters. The maximum Gasteiger partial charge on any atom is 0.416 e. The number of aliphatic imine (C=N–C) groups is 1. The number of hydrogen-bond donors (Lipinski definition) is 0. The van der Waals surface area contributed by atoms with Crippen LogP contribution in [0, 0.1) is 0 Å². The Hall–Kier alpha value is -1.46. The van der Waals surface area contributed by atoms with Gasteiger partial charge in [-0.2, -0.15) is 13.2 Å². The summed E-state index contributed by atoms with van der Waals surface area (Å²) in [6, 6.07) is 3.95. The summed E-state index contributed by atoms with van der Waals surface area (Å²) >= 11 is 0. The van der Waals surface area contributed by atoms with Gasteiger partial charge in [0.25, 0.3) is 6.43 Å². The minimum Gasteiger partial charge on any atom is -0.252 e. The smallest absolute Gasteiger partial charge is 0.252 e. The molecule has 0 aliphatic rings. The van der Waals surface area contributed by atoms with Gasteiger partial charge in [-0.1, -0.05) is 6.07 Å². The van der Waals surface area contributed by atoms with Crippen molar-refractivity contribution in [2.75, 3.05) is 0 Å². The van der Waals surface area contributed by atoms with Crippen molar-refractivity contribution in [3.8, 4) is 0 Å². The lowest BCUT2D eigenvalue weighted by Crippen LogP contribution is -2.05. The molecule has 0 amide bonds. The number of halogens is 5. The summed E-state index contributed by atoms with van der Waals surface area (Å²) in [5.41, 5.74) is -1.55. The molecule has 88 valence electrons. The first-order valence-electron chi connectivity index (χ1n) is 4.31. The summed E-state index contributed by atoms with van der Waals surface area (Å²) in [7, 11) is 0. The van der Waals surface area contributed by atoms with Crippen molar-refractivity contribution in [2.24, 2.45) is 4.99 Å². The van der Waals surface area contributed by atoms with Crippen LogP contribution in [-0.4, -0.2) is 12.1 Å². The van der Waals surface area contributed by atoms with E-state index in [4.69, 9.17) is 0 Å². The van der Waals surface area contributed by atoms with Crippen molar-refractivity contribution in [1.82, 2.24) is 0 Å². The Morgan fingerprint density at radius 1 is 1.25 bits per heavy atom. The molecule has 0 radical (unpaired) electrons. The van der Waals surface area contributed by atoms with Crippen LogP contribution in [0.5, 0.6) is 0 Å². The fraction of sp³-hybridized carbons (Fsp3) is 0.300. The molecule has 0 saturated heterocycles. The van der Waals surface area contributed by atoms with E-state index in [9.17, 15) is 22.0 Å². The van der Waals surface area contributed by atoms with E-state index in [1.54, 1.807) is 0 Å². The molecule has 0 atom stereocenters. The second-order valence-electron chi connectivity index (χ2n) is 3.10. The summed E-state index contributed by atoms with van der Waals surface area (Å²) in [5, 5.41) is 0. The van der Waals surface area contributed by atoms with Crippen molar-refractivity contribution >= 4 is 11.4 Å². The van der Waals surface area contributed by atoms with E-state index in [2.05, 4.69) is 4.99 Å². The molecule has 0 spiro atoms. The van der Waals surface area contributed by atoms with E-state index in [1.807, 2.05) is 0 Å². The quantitative estimate of drug-likeness (QED) is 0.543. The van der Waals surface area contributed by atoms with Crippen LogP contribution in [0.15, 0.2) is 29.3 Å². The van der Waals surface area contributed by atoms with Crippen LogP contribution in [0.2, 0.25) is 0 Å². The first kappa shape index (κ1) is 12.6. The predicted octanol–water partition coefficient (Wildman–Crippen LogP) is 4.06. The zero-order valence-electron chi connectivity index (χ0n) is 8.22. The lowest BCUT2D eigenvalue weighted by atomic mass is 10.2. The van der Waals surface area contributed by atoms with Crippen LogP contribution < -0.4 is 0 Å². The zero-order chi connectivity index (χ0) is 12.3. The number of alkyl halides is 5. The summed E-state index contributed by atoms with van der Waals surface area (Å²) in [5.74, 6) is 0. The second-order valence-corrected chi connectivity index (χ2v) is 3.10. The van der Waals surface area contributed by atoms with Crippen molar-refractivity contribution < 1.29 is 22.0 Å². The largest absolute Gasteiger partial charge is 0.416 e. The molecular formula is C10H8F5N. The van der Waals surface area contributed by atoms with E-state index < -0.39 is 23.9 Å². The molecule has 0 aliphatic carbocycles. The highest BCUT2D eigenvalue weighted by Crippen LogP contribution is 2.31. The average Bonchev–Trinajstić information content (AvgIpc) is 2.16. The first-order chi connectivity index (χ1) is 7.30. The third-order valence-corrected chi connectivity index (χ3v) is 1.79. The highest BCUT2D eigenvalue weighted by molar-refractivity contribution is 5.87. The van der Waals surface area contributed by atoms with E-state index in [0.717, 1.165) is 25.1 Å². The van der Waals surface area contributed by atoms with E-state index in [0.29, 0.717) is 0 Å². The molecule has 0 N–H and O–H groups in total. The van der Waals surface area contributed by atoms with E-state index in [-0.39, 0.29) is 5.69 Å². The van der Waals surface area contributed by atoms with Crippen LogP contribution in [0.4, 0.5) is 27.6 Å². The van der Waals surface area contributed by atoms with Gasteiger partial charge in [-0.25, -0.2) is 8.78 Å². The molecule has 1 aromatic rings. The zero-order valence-corrected chi connectivity index (χ0v) is 8.22. The molecule has 6 heteroatoms. The minimum atomic E-state index is -4.50.